The Labute approximate surface area is 254 Å². The van der Waals surface area contributed by atoms with Gasteiger partial charge in [0.1, 0.15) is 18.0 Å². The van der Waals surface area contributed by atoms with Gasteiger partial charge in [0.15, 0.2) is 0 Å². The van der Waals surface area contributed by atoms with Crippen molar-refractivity contribution in [1.82, 2.24) is 10.2 Å². The van der Waals surface area contributed by atoms with Gasteiger partial charge in [0.25, 0.3) is 0 Å². The predicted molar refractivity (Wildman–Crippen MR) is 167 cm³/mol. The third-order valence-electron chi connectivity index (χ3n) is 8.17. The number of para-hydroxylation sites is 1. The molecule has 40 heavy (non-hydrogen) atoms. The van der Waals surface area contributed by atoms with Crippen molar-refractivity contribution in [3.63, 3.8) is 0 Å². The fourth-order valence-electron chi connectivity index (χ4n) is 5.99. The monoisotopic (exact) mass is 668 g/mol. The van der Waals surface area contributed by atoms with Crippen molar-refractivity contribution < 1.29 is 24.5 Å². The Kier molecular flexibility index (Phi) is 14.8. The lowest BCUT2D eigenvalue weighted by Gasteiger charge is -2.43. The summed E-state index contributed by atoms with van der Waals surface area (Å²) in [6.45, 7) is 2.23. The third kappa shape index (κ3) is 10.0. The van der Waals surface area contributed by atoms with Crippen molar-refractivity contribution in [2.75, 3.05) is 13.2 Å². The Balaban J connectivity index is 1.71. The second-order valence-electron chi connectivity index (χ2n) is 11.3. The molecule has 0 aromatic heterocycles. The molecule has 2 amide bonds. The van der Waals surface area contributed by atoms with Gasteiger partial charge >= 0.3 is 0 Å². The van der Waals surface area contributed by atoms with Crippen LogP contribution >= 0.6 is 22.6 Å². The van der Waals surface area contributed by atoms with Crippen LogP contribution in [-0.4, -0.2) is 64.4 Å². The number of aliphatic hydroxyl groups excluding tert-OH is 2. The van der Waals surface area contributed by atoms with Crippen LogP contribution in [0.5, 0.6) is 5.75 Å². The molecule has 0 radical (unpaired) electrons. The van der Waals surface area contributed by atoms with Gasteiger partial charge < -0.3 is 25.2 Å². The van der Waals surface area contributed by atoms with Crippen LogP contribution in [0.4, 0.5) is 0 Å². The molecule has 2 aliphatic carbocycles. The van der Waals surface area contributed by atoms with Crippen molar-refractivity contribution in [2.45, 2.75) is 128 Å². The molecular weight excluding hydrogens is 619 g/mol. The standard InChI is InChI=1S/C32H49IN2O5/c1-2-3-4-5-6-7-8-9-10-19-30(37)35(25-15-11-12-16-25)27-22-24(32(39)34-20-21-36)23-29(31(27)38)40-28-18-14-13-17-26(28)33/h13-14,17-18,23,25,27,29,31,36,38H,2-12,15-16,19-22H2,1H3,(H,34,39). The van der Waals surface area contributed by atoms with Crippen LogP contribution in [0.15, 0.2) is 35.9 Å². The van der Waals surface area contributed by atoms with Gasteiger partial charge in [0.05, 0.1) is 16.2 Å². The molecule has 1 saturated carbocycles. The highest BCUT2D eigenvalue weighted by molar-refractivity contribution is 14.1. The molecule has 0 bridgehead atoms. The van der Waals surface area contributed by atoms with Gasteiger partial charge in [-0.1, -0.05) is 83.3 Å². The quantitative estimate of drug-likeness (QED) is 0.142. The number of hydrogen-bond donors (Lipinski definition) is 3. The number of aliphatic hydroxyl groups is 2. The molecule has 8 heteroatoms. The van der Waals surface area contributed by atoms with E-state index in [2.05, 4.69) is 34.8 Å². The summed E-state index contributed by atoms with van der Waals surface area (Å²) in [5, 5.41) is 23.6. The van der Waals surface area contributed by atoms with Crippen molar-refractivity contribution in [3.05, 3.63) is 39.5 Å². The molecule has 0 spiro atoms. The molecule has 1 fully saturated rings. The van der Waals surface area contributed by atoms with Gasteiger partial charge in [-0.3, -0.25) is 9.59 Å². The van der Waals surface area contributed by atoms with Crippen molar-refractivity contribution in [3.8, 4) is 5.75 Å². The number of nitrogens with one attached hydrogen (secondary N) is 1. The summed E-state index contributed by atoms with van der Waals surface area (Å²) in [7, 11) is 0. The van der Waals surface area contributed by atoms with E-state index in [0.717, 1.165) is 48.5 Å². The molecule has 0 heterocycles. The van der Waals surface area contributed by atoms with Crippen LogP contribution in [0.1, 0.15) is 103 Å². The lowest BCUT2D eigenvalue weighted by atomic mass is 9.87. The van der Waals surface area contributed by atoms with E-state index in [1.54, 1.807) is 6.08 Å². The summed E-state index contributed by atoms with van der Waals surface area (Å²) in [4.78, 5) is 28.7. The minimum atomic E-state index is -0.960. The lowest BCUT2D eigenvalue weighted by molar-refractivity contribution is -0.142. The summed E-state index contributed by atoms with van der Waals surface area (Å²) in [6, 6.07) is 7.11. The molecule has 3 N–H and O–H groups in total. The summed E-state index contributed by atoms with van der Waals surface area (Å²) in [6.07, 6.45) is 15.4. The van der Waals surface area contributed by atoms with Gasteiger partial charge in [-0.05, 0) is 60.1 Å². The van der Waals surface area contributed by atoms with E-state index in [9.17, 15) is 19.8 Å². The SMILES string of the molecule is CCCCCCCCCCCC(=O)N(C1CCCC1)C1CC(C(=O)NCCO)=CC(Oc2ccccc2I)C1O. The van der Waals surface area contributed by atoms with Crippen molar-refractivity contribution >= 4 is 34.4 Å². The molecule has 1 aromatic carbocycles. The molecule has 0 aliphatic heterocycles. The van der Waals surface area contributed by atoms with Crippen LogP contribution in [0.3, 0.4) is 0 Å². The van der Waals surface area contributed by atoms with Gasteiger partial charge in [-0.15, -0.1) is 0 Å². The normalized spacial score (nSPS) is 21.2. The highest BCUT2D eigenvalue weighted by Gasteiger charge is 2.43. The zero-order chi connectivity index (χ0) is 28.7. The Morgan fingerprint density at radius 3 is 2.33 bits per heavy atom. The number of benzene rings is 1. The smallest absolute Gasteiger partial charge is 0.247 e. The Bertz CT molecular complexity index is 949. The number of rotatable bonds is 17. The number of amides is 2. The second kappa shape index (κ2) is 18.0. The first-order valence-electron chi connectivity index (χ1n) is 15.5. The second-order valence-corrected chi connectivity index (χ2v) is 12.4. The largest absolute Gasteiger partial charge is 0.482 e. The van der Waals surface area contributed by atoms with E-state index >= 15 is 0 Å². The van der Waals surface area contributed by atoms with Crippen LogP contribution < -0.4 is 10.1 Å². The molecule has 1 aromatic rings. The summed E-state index contributed by atoms with van der Waals surface area (Å²) in [5.41, 5.74) is 0.485. The maximum atomic E-state index is 13.8. The molecule has 224 valence electrons. The Morgan fingerprint density at radius 1 is 1.02 bits per heavy atom. The Morgan fingerprint density at radius 2 is 1.68 bits per heavy atom. The van der Waals surface area contributed by atoms with Crippen LogP contribution in [-0.2, 0) is 9.59 Å². The molecule has 3 rings (SSSR count). The Hall–Kier alpha value is -1.65. The van der Waals surface area contributed by atoms with E-state index in [0.29, 0.717) is 17.7 Å². The minimum absolute atomic E-state index is 0.0723. The van der Waals surface area contributed by atoms with E-state index in [-0.39, 0.29) is 37.4 Å². The van der Waals surface area contributed by atoms with Gasteiger partial charge in [-0.2, -0.15) is 0 Å². The number of carbonyl (C=O) groups excluding carboxylic acids is 2. The summed E-state index contributed by atoms with van der Waals surface area (Å²) >= 11 is 2.19. The van der Waals surface area contributed by atoms with Gasteiger partial charge in [0.2, 0.25) is 11.8 Å². The topological polar surface area (TPSA) is 99.1 Å². The number of unbranched alkanes of at least 4 members (excludes halogenated alkanes) is 8. The number of nitrogens with zero attached hydrogens (tertiary/aromatic N) is 1. The van der Waals surface area contributed by atoms with E-state index in [4.69, 9.17) is 4.74 Å². The molecule has 0 saturated heterocycles. The summed E-state index contributed by atoms with van der Waals surface area (Å²) < 4.78 is 7.17. The molecular formula is C32H49IN2O5. The molecule has 7 nitrogen and oxygen atoms in total. The number of hydrogen-bond acceptors (Lipinski definition) is 5. The van der Waals surface area contributed by atoms with E-state index in [1.807, 2.05) is 29.2 Å². The lowest BCUT2D eigenvalue weighted by Crippen LogP contribution is -2.57. The van der Waals surface area contributed by atoms with E-state index in [1.165, 1.54) is 38.5 Å². The number of ether oxygens (including phenoxy) is 1. The highest BCUT2D eigenvalue weighted by Crippen LogP contribution is 2.34. The number of carbonyl (C=O) groups is 2. The molecule has 3 atom stereocenters. The average Bonchev–Trinajstić information content (AvgIpc) is 3.48. The maximum absolute atomic E-state index is 13.8. The van der Waals surface area contributed by atoms with Crippen molar-refractivity contribution in [1.29, 1.82) is 0 Å². The first-order valence-corrected chi connectivity index (χ1v) is 16.5. The zero-order valence-corrected chi connectivity index (χ0v) is 26.3. The third-order valence-corrected chi connectivity index (χ3v) is 9.06. The highest BCUT2D eigenvalue weighted by atomic mass is 127. The van der Waals surface area contributed by atoms with Crippen molar-refractivity contribution in [2.24, 2.45) is 0 Å². The minimum Gasteiger partial charge on any atom is -0.482 e. The summed E-state index contributed by atoms with van der Waals surface area (Å²) in [5.74, 6) is 0.414. The fraction of sp³-hybridized carbons (Fsp3) is 0.688. The first-order chi connectivity index (χ1) is 19.5. The van der Waals surface area contributed by atoms with Crippen LogP contribution in [0, 0.1) is 3.57 Å². The van der Waals surface area contributed by atoms with Gasteiger partial charge in [-0.25, -0.2) is 0 Å². The van der Waals surface area contributed by atoms with Crippen LogP contribution in [0.25, 0.3) is 0 Å². The average molecular weight is 669 g/mol. The maximum Gasteiger partial charge on any atom is 0.247 e. The molecule has 2 aliphatic rings. The number of halogens is 1. The predicted octanol–water partition coefficient (Wildman–Crippen LogP) is 5.90. The van der Waals surface area contributed by atoms with E-state index < -0.39 is 18.2 Å². The van der Waals surface area contributed by atoms with Crippen LogP contribution in [0.2, 0.25) is 0 Å². The first kappa shape index (κ1) is 32.9. The zero-order valence-electron chi connectivity index (χ0n) is 24.2. The molecule has 3 unspecified atom stereocenters. The fourth-order valence-corrected chi connectivity index (χ4v) is 6.51. The van der Waals surface area contributed by atoms with Gasteiger partial charge in [0, 0.05) is 31.0 Å².